The smallest absolute Gasteiger partial charge is 0.255 e. The van der Waals surface area contributed by atoms with E-state index in [9.17, 15) is 8.42 Å². The molecule has 10 heteroatoms. The lowest BCUT2D eigenvalue weighted by molar-refractivity contribution is 0.0171. The maximum atomic E-state index is 12.3. The fourth-order valence-corrected chi connectivity index (χ4v) is 3.84. The zero-order valence-electron chi connectivity index (χ0n) is 15.4. The predicted octanol–water partition coefficient (Wildman–Crippen LogP) is 2.17. The highest BCUT2D eigenvalue weighted by atomic mass is 32.2. The largest absolute Gasteiger partial charge is 0.448 e. The van der Waals surface area contributed by atoms with E-state index >= 15 is 0 Å². The summed E-state index contributed by atoms with van der Waals surface area (Å²) >= 11 is 0. The van der Waals surface area contributed by atoms with Gasteiger partial charge in [0.15, 0.2) is 12.2 Å². The zero-order valence-corrected chi connectivity index (χ0v) is 16.2. The highest BCUT2D eigenvalue weighted by Gasteiger charge is 2.34. The SMILES string of the molecule is Cc1noc([C@@H]2CC[C@H](CN(Cc3ncoc3C(C)C)S(C)(=O)=O)O2)n1. The molecule has 9 nitrogen and oxygen atoms in total. The highest BCUT2D eigenvalue weighted by molar-refractivity contribution is 7.88. The Bertz CT molecular complexity index is 844. The van der Waals surface area contributed by atoms with E-state index in [4.69, 9.17) is 13.7 Å². The van der Waals surface area contributed by atoms with Crippen molar-refractivity contribution in [2.75, 3.05) is 12.8 Å². The molecule has 0 amide bonds. The second-order valence-electron chi connectivity index (χ2n) is 6.88. The molecular formula is C16H24N4O5S. The zero-order chi connectivity index (χ0) is 18.9. The van der Waals surface area contributed by atoms with Gasteiger partial charge in [-0.2, -0.15) is 9.29 Å². The first-order valence-corrected chi connectivity index (χ1v) is 10.4. The lowest BCUT2D eigenvalue weighted by Crippen LogP contribution is -2.36. The van der Waals surface area contributed by atoms with Gasteiger partial charge in [0.25, 0.3) is 5.89 Å². The molecule has 0 radical (unpaired) electrons. The first-order valence-electron chi connectivity index (χ1n) is 8.57. The van der Waals surface area contributed by atoms with Gasteiger partial charge in [-0.15, -0.1) is 0 Å². The summed E-state index contributed by atoms with van der Waals surface area (Å²) in [5.74, 6) is 1.82. The topological polar surface area (TPSA) is 112 Å². The van der Waals surface area contributed by atoms with Gasteiger partial charge in [-0.1, -0.05) is 19.0 Å². The fraction of sp³-hybridized carbons (Fsp3) is 0.688. The molecular weight excluding hydrogens is 360 g/mol. The average molecular weight is 384 g/mol. The molecule has 1 saturated heterocycles. The van der Waals surface area contributed by atoms with Gasteiger partial charge < -0.3 is 13.7 Å². The molecule has 1 aliphatic heterocycles. The van der Waals surface area contributed by atoms with Crippen LogP contribution in [-0.2, 0) is 21.3 Å². The van der Waals surface area contributed by atoms with Crippen molar-refractivity contribution in [2.24, 2.45) is 0 Å². The van der Waals surface area contributed by atoms with Crippen molar-refractivity contribution in [2.45, 2.75) is 58.3 Å². The van der Waals surface area contributed by atoms with E-state index in [-0.39, 0.29) is 31.2 Å². The number of hydrogen-bond acceptors (Lipinski definition) is 8. The third-order valence-corrected chi connectivity index (χ3v) is 5.54. The molecule has 0 N–H and O–H groups in total. The second-order valence-corrected chi connectivity index (χ2v) is 8.86. The number of aromatic nitrogens is 3. The van der Waals surface area contributed by atoms with Gasteiger partial charge in [0, 0.05) is 12.5 Å². The number of aryl methyl sites for hydroxylation is 1. The van der Waals surface area contributed by atoms with Crippen LogP contribution < -0.4 is 0 Å². The van der Waals surface area contributed by atoms with Crippen LogP contribution in [0.4, 0.5) is 0 Å². The molecule has 1 aliphatic rings. The second kappa shape index (κ2) is 7.45. The number of sulfonamides is 1. The van der Waals surface area contributed by atoms with E-state index < -0.39 is 10.0 Å². The van der Waals surface area contributed by atoms with Crippen molar-refractivity contribution in [3.05, 3.63) is 29.6 Å². The Hall–Kier alpha value is -1.78. The Morgan fingerprint density at radius 1 is 1.35 bits per heavy atom. The molecule has 0 spiro atoms. The van der Waals surface area contributed by atoms with Crippen LogP contribution >= 0.6 is 0 Å². The van der Waals surface area contributed by atoms with Gasteiger partial charge in [-0.3, -0.25) is 0 Å². The molecule has 3 rings (SSSR count). The Balaban J connectivity index is 1.69. The molecule has 2 aromatic rings. The maximum absolute atomic E-state index is 12.3. The van der Waals surface area contributed by atoms with Crippen LogP contribution in [0.25, 0.3) is 0 Å². The normalized spacial score (nSPS) is 21.2. The van der Waals surface area contributed by atoms with Crippen LogP contribution in [0.5, 0.6) is 0 Å². The molecule has 26 heavy (non-hydrogen) atoms. The monoisotopic (exact) mass is 384 g/mol. The van der Waals surface area contributed by atoms with Gasteiger partial charge in [0.05, 0.1) is 24.6 Å². The number of rotatable bonds is 7. The fourth-order valence-electron chi connectivity index (χ4n) is 3.04. The van der Waals surface area contributed by atoms with E-state index in [1.54, 1.807) is 6.92 Å². The summed E-state index contributed by atoms with van der Waals surface area (Å²) in [6.07, 6.45) is 3.44. The van der Waals surface area contributed by atoms with E-state index in [0.717, 1.165) is 0 Å². The van der Waals surface area contributed by atoms with E-state index in [0.29, 0.717) is 36.0 Å². The minimum Gasteiger partial charge on any atom is -0.448 e. The van der Waals surface area contributed by atoms with Gasteiger partial charge in [0.1, 0.15) is 11.9 Å². The molecule has 0 aliphatic carbocycles. The lowest BCUT2D eigenvalue weighted by atomic mass is 10.1. The van der Waals surface area contributed by atoms with Gasteiger partial charge in [-0.25, -0.2) is 13.4 Å². The maximum Gasteiger partial charge on any atom is 0.255 e. The van der Waals surface area contributed by atoms with Crippen molar-refractivity contribution >= 4 is 10.0 Å². The Morgan fingerprint density at radius 2 is 2.12 bits per heavy atom. The Morgan fingerprint density at radius 3 is 2.73 bits per heavy atom. The third-order valence-electron chi connectivity index (χ3n) is 4.33. The highest BCUT2D eigenvalue weighted by Crippen LogP contribution is 2.32. The summed E-state index contributed by atoms with van der Waals surface area (Å²) in [6, 6.07) is 0. The van der Waals surface area contributed by atoms with Crippen molar-refractivity contribution < 1.29 is 22.1 Å². The summed E-state index contributed by atoms with van der Waals surface area (Å²) in [7, 11) is -3.43. The van der Waals surface area contributed by atoms with Crippen LogP contribution in [0.15, 0.2) is 15.3 Å². The van der Waals surface area contributed by atoms with E-state index in [1.165, 1.54) is 17.0 Å². The number of nitrogens with zero attached hydrogens (tertiary/aromatic N) is 4. The third kappa shape index (κ3) is 4.30. The van der Waals surface area contributed by atoms with Crippen LogP contribution in [-0.4, -0.2) is 46.8 Å². The Labute approximate surface area is 152 Å². The molecule has 1 fully saturated rings. The molecule has 0 bridgehead atoms. The number of hydrogen-bond donors (Lipinski definition) is 0. The van der Waals surface area contributed by atoms with E-state index in [2.05, 4.69) is 15.1 Å². The van der Waals surface area contributed by atoms with Crippen LogP contribution in [0.3, 0.4) is 0 Å². The van der Waals surface area contributed by atoms with Crippen molar-refractivity contribution in [1.29, 1.82) is 0 Å². The molecule has 0 aromatic carbocycles. The van der Waals surface area contributed by atoms with Crippen LogP contribution in [0, 0.1) is 6.92 Å². The van der Waals surface area contributed by atoms with Gasteiger partial charge in [-0.05, 0) is 19.8 Å². The Kier molecular flexibility index (Phi) is 5.44. The minimum atomic E-state index is -3.43. The van der Waals surface area contributed by atoms with Gasteiger partial charge >= 0.3 is 0 Å². The molecule has 0 saturated carbocycles. The summed E-state index contributed by atoms with van der Waals surface area (Å²) < 4.78 is 42.4. The number of oxazole rings is 1. The van der Waals surface area contributed by atoms with Crippen LogP contribution in [0.2, 0.25) is 0 Å². The predicted molar refractivity (Wildman–Crippen MR) is 91.7 cm³/mol. The molecule has 0 unspecified atom stereocenters. The summed E-state index contributed by atoms with van der Waals surface area (Å²) in [4.78, 5) is 8.37. The number of ether oxygens (including phenoxy) is 1. The molecule has 2 aromatic heterocycles. The first-order chi connectivity index (χ1) is 12.2. The van der Waals surface area contributed by atoms with Crippen molar-refractivity contribution in [3.63, 3.8) is 0 Å². The molecule has 2 atom stereocenters. The van der Waals surface area contributed by atoms with E-state index in [1.807, 2.05) is 13.8 Å². The average Bonchev–Trinajstić information content (AvgIpc) is 3.25. The summed E-state index contributed by atoms with van der Waals surface area (Å²) in [6.45, 7) is 6.10. The van der Waals surface area contributed by atoms with Gasteiger partial charge in [0.2, 0.25) is 10.0 Å². The van der Waals surface area contributed by atoms with Crippen molar-refractivity contribution in [3.8, 4) is 0 Å². The van der Waals surface area contributed by atoms with Crippen molar-refractivity contribution in [1.82, 2.24) is 19.4 Å². The quantitative estimate of drug-likeness (QED) is 0.714. The lowest BCUT2D eigenvalue weighted by Gasteiger charge is -2.23. The summed E-state index contributed by atoms with van der Waals surface area (Å²) in [5, 5.41) is 3.77. The van der Waals surface area contributed by atoms with Crippen LogP contribution in [0.1, 0.15) is 61.9 Å². The minimum absolute atomic E-state index is 0.127. The molecule has 3 heterocycles. The molecule has 144 valence electrons. The standard InChI is InChI=1S/C16H24N4O5S/c1-10(2)15-13(17-9-23-15)8-20(26(4,21)22)7-12-5-6-14(24-12)16-18-11(3)19-25-16/h9-10,12,14H,5-8H2,1-4H3/t12-,14+/m1/s1. The first kappa shape index (κ1) is 19.0. The summed E-state index contributed by atoms with van der Waals surface area (Å²) in [5.41, 5.74) is 0.632.